The minimum absolute atomic E-state index is 0.276. The van der Waals surface area contributed by atoms with Gasteiger partial charge in [0.2, 0.25) is 0 Å². The summed E-state index contributed by atoms with van der Waals surface area (Å²) < 4.78 is 0. The van der Waals surface area contributed by atoms with Crippen molar-refractivity contribution >= 4 is 5.71 Å². The number of aliphatic imine (C=N–C) groups is 1. The molecule has 0 aromatic heterocycles. The van der Waals surface area contributed by atoms with Crippen LogP contribution in [0.2, 0.25) is 0 Å². The molecule has 1 rings (SSSR count). The van der Waals surface area contributed by atoms with E-state index >= 15 is 0 Å². The van der Waals surface area contributed by atoms with Crippen LogP contribution in [0.1, 0.15) is 40.0 Å². The minimum atomic E-state index is 0.276. The molecule has 1 fully saturated rings. The highest BCUT2D eigenvalue weighted by Gasteiger charge is 2.33. The summed E-state index contributed by atoms with van der Waals surface area (Å²) in [4.78, 5) is 9.38. The summed E-state index contributed by atoms with van der Waals surface area (Å²) in [6, 6.07) is 0. The van der Waals surface area contributed by atoms with E-state index in [1.54, 1.807) is 0 Å². The van der Waals surface area contributed by atoms with Crippen molar-refractivity contribution in [3.8, 4) is 0 Å². The van der Waals surface area contributed by atoms with E-state index in [0.717, 1.165) is 32.6 Å². The second-order valence-corrected chi connectivity index (χ2v) is 8.14. The predicted octanol–water partition coefficient (Wildman–Crippen LogP) is 4.44. The standard InChI is InChI=1S/C22H39N3/c1-9-13-24(7)14-15-25(8)17-19(10-2)21(23-6)20-11-12-22(4,5)18(3)16-20/h9-10,20H,1,3,11-17H2,2,4-8H3/b19-10-,23-21?. The summed E-state index contributed by atoms with van der Waals surface area (Å²) in [5, 5.41) is 0. The van der Waals surface area contributed by atoms with Gasteiger partial charge < -0.3 is 9.80 Å². The largest absolute Gasteiger partial charge is 0.301 e. The molecule has 3 heteroatoms. The smallest absolute Gasteiger partial charge is 0.0420 e. The zero-order valence-electron chi connectivity index (χ0n) is 17.4. The molecule has 0 aliphatic heterocycles. The van der Waals surface area contributed by atoms with Crippen LogP contribution >= 0.6 is 0 Å². The summed E-state index contributed by atoms with van der Waals surface area (Å²) in [5.41, 5.74) is 4.30. The first-order valence-electron chi connectivity index (χ1n) is 9.53. The van der Waals surface area contributed by atoms with Gasteiger partial charge in [-0.15, -0.1) is 6.58 Å². The van der Waals surface area contributed by atoms with Crippen molar-refractivity contribution in [2.24, 2.45) is 16.3 Å². The molecule has 1 unspecified atom stereocenters. The Labute approximate surface area is 156 Å². The van der Waals surface area contributed by atoms with Crippen molar-refractivity contribution in [1.82, 2.24) is 9.80 Å². The Morgan fingerprint density at radius 2 is 1.92 bits per heavy atom. The van der Waals surface area contributed by atoms with Crippen molar-refractivity contribution in [2.75, 3.05) is 47.3 Å². The first kappa shape index (κ1) is 21.9. The third kappa shape index (κ3) is 6.56. The van der Waals surface area contributed by atoms with Gasteiger partial charge in [0.05, 0.1) is 0 Å². The van der Waals surface area contributed by atoms with E-state index in [2.05, 4.69) is 63.9 Å². The van der Waals surface area contributed by atoms with Gasteiger partial charge in [-0.2, -0.15) is 0 Å². The van der Waals surface area contributed by atoms with Crippen LogP contribution in [0.5, 0.6) is 0 Å². The van der Waals surface area contributed by atoms with Crippen molar-refractivity contribution < 1.29 is 0 Å². The highest BCUT2D eigenvalue weighted by Crippen LogP contribution is 2.42. The van der Waals surface area contributed by atoms with Gasteiger partial charge in [0.15, 0.2) is 0 Å². The molecular weight excluding hydrogens is 306 g/mol. The predicted molar refractivity (Wildman–Crippen MR) is 113 cm³/mol. The van der Waals surface area contributed by atoms with Crippen LogP contribution < -0.4 is 0 Å². The number of rotatable bonds is 9. The maximum atomic E-state index is 4.70. The first-order chi connectivity index (χ1) is 11.7. The van der Waals surface area contributed by atoms with E-state index in [-0.39, 0.29) is 5.41 Å². The lowest BCUT2D eigenvalue weighted by Crippen LogP contribution is -2.35. The van der Waals surface area contributed by atoms with Gasteiger partial charge in [-0.25, -0.2) is 0 Å². The fourth-order valence-electron chi connectivity index (χ4n) is 3.55. The van der Waals surface area contributed by atoms with Crippen LogP contribution in [0.25, 0.3) is 0 Å². The third-order valence-corrected chi connectivity index (χ3v) is 5.62. The molecule has 0 bridgehead atoms. The highest BCUT2D eigenvalue weighted by molar-refractivity contribution is 6.02. The van der Waals surface area contributed by atoms with Crippen molar-refractivity contribution in [3.05, 3.63) is 36.5 Å². The summed E-state index contributed by atoms with van der Waals surface area (Å²) in [6.45, 7) is 18.9. The molecule has 142 valence electrons. The van der Waals surface area contributed by atoms with Crippen LogP contribution in [-0.2, 0) is 0 Å². The average Bonchev–Trinajstić information content (AvgIpc) is 2.56. The number of allylic oxidation sites excluding steroid dienone is 2. The lowest BCUT2D eigenvalue weighted by Gasteiger charge is -2.38. The number of hydrogen-bond acceptors (Lipinski definition) is 3. The summed E-state index contributed by atoms with van der Waals surface area (Å²) in [6.07, 6.45) is 7.69. The molecule has 0 amide bonds. The normalized spacial score (nSPS) is 21.9. The van der Waals surface area contributed by atoms with Crippen molar-refractivity contribution in [3.63, 3.8) is 0 Å². The van der Waals surface area contributed by atoms with E-state index in [0.29, 0.717) is 5.92 Å². The van der Waals surface area contributed by atoms with Gasteiger partial charge in [-0.1, -0.05) is 38.2 Å². The zero-order valence-corrected chi connectivity index (χ0v) is 17.4. The SMILES string of the molecule is C=CCN(C)CCN(C)C/C(=C/C)C(=NC)C1CCC(C)(C)C(=C)C1. The Morgan fingerprint density at radius 3 is 2.44 bits per heavy atom. The molecule has 0 aromatic rings. The summed E-state index contributed by atoms with van der Waals surface area (Å²) in [5.74, 6) is 0.522. The molecule has 0 spiro atoms. The van der Waals surface area contributed by atoms with E-state index in [4.69, 9.17) is 4.99 Å². The maximum absolute atomic E-state index is 4.70. The third-order valence-electron chi connectivity index (χ3n) is 5.62. The Balaban J connectivity index is 2.68. The highest BCUT2D eigenvalue weighted by atomic mass is 15.2. The Hall–Kier alpha value is -1.19. The van der Waals surface area contributed by atoms with Gasteiger partial charge in [0.1, 0.15) is 0 Å². The first-order valence-corrected chi connectivity index (χ1v) is 9.53. The molecule has 3 nitrogen and oxygen atoms in total. The van der Waals surface area contributed by atoms with Gasteiger partial charge in [-0.3, -0.25) is 4.99 Å². The molecule has 0 saturated heterocycles. The molecule has 0 heterocycles. The fraction of sp³-hybridized carbons (Fsp3) is 0.682. The molecular formula is C22H39N3. The fourth-order valence-corrected chi connectivity index (χ4v) is 3.55. The topological polar surface area (TPSA) is 18.8 Å². The Kier molecular flexibility index (Phi) is 8.81. The van der Waals surface area contributed by atoms with Crippen LogP contribution in [0.15, 0.2) is 41.4 Å². The van der Waals surface area contributed by atoms with Crippen LogP contribution in [0.3, 0.4) is 0 Å². The number of likely N-dealkylation sites (N-methyl/N-ethyl adjacent to an activating group) is 2. The molecule has 1 atom stereocenters. The lowest BCUT2D eigenvalue weighted by atomic mass is 9.68. The van der Waals surface area contributed by atoms with Gasteiger partial charge in [0, 0.05) is 44.9 Å². The quantitative estimate of drug-likeness (QED) is 0.454. The van der Waals surface area contributed by atoms with Gasteiger partial charge >= 0.3 is 0 Å². The molecule has 25 heavy (non-hydrogen) atoms. The van der Waals surface area contributed by atoms with Crippen molar-refractivity contribution in [1.29, 1.82) is 0 Å². The van der Waals surface area contributed by atoms with Crippen molar-refractivity contribution in [2.45, 2.75) is 40.0 Å². The lowest BCUT2D eigenvalue weighted by molar-refractivity contribution is 0.283. The van der Waals surface area contributed by atoms with Crippen LogP contribution in [-0.4, -0.2) is 62.8 Å². The Morgan fingerprint density at radius 1 is 1.28 bits per heavy atom. The van der Waals surface area contributed by atoms with E-state index in [1.165, 1.54) is 29.7 Å². The molecule has 0 N–H and O–H groups in total. The Bertz CT molecular complexity index is 513. The second-order valence-electron chi connectivity index (χ2n) is 8.14. The average molecular weight is 346 g/mol. The maximum Gasteiger partial charge on any atom is 0.0420 e. The molecule has 1 aliphatic carbocycles. The monoisotopic (exact) mass is 345 g/mol. The zero-order chi connectivity index (χ0) is 19.0. The molecule has 1 saturated carbocycles. The number of hydrogen-bond donors (Lipinski definition) is 0. The molecule has 0 radical (unpaired) electrons. The van der Waals surface area contributed by atoms with Gasteiger partial charge in [-0.05, 0) is 51.3 Å². The van der Waals surface area contributed by atoms with Crippen LogP contribution in [0, 0.1) is 11.3 Å². The molecule has 1 aliphatic rings. The van der Waals surface area contributed by atoms with Gasteiger partial charge in [0.25, 0.3) is 0 Å². The van der Waals surface area contributed by atoms with E-state index in [1.807, 2.05) is 13.1 Å². The molecule has 0 aromatic carbocycles. The van der Waals surface area contributed by atoms with Crippen LogP contribution in [0.4, 0.5) is 0 Å². The van der Waals surface area contributed by atoms with E-state index in [9.17, 15) is 0 Å². The van der Waals surface area contributed by atoms with E-state index < -0.39 is 0 Å². The second kappa shape index (κ2) is 10.1. The number of nitrogens with zero attached hydrogens (tertiary/aromatic N) is 3. The summed E-state index contributed by atoms with van der Waals surface area (Å²) in [7, 11) is 6.28. The summed E-state index contributed by atoms with van der Waals surface area (Å²) >= 11 is 0. The minimum Gasteiger partial charge on any atom is -0.301 e.